The van der Waals surface area contributed by atoms with Gasteiger partial charge in [-0.25, -0.2) is 15.5 Å². The number of carbonyl (C=O) groups is 1. The zero-order chi connectivity index (χ0) is 17.5. The number of nitrogens with zero attached hydrogens (tertiary/aromatic N) is 4. The summed E-state index contributed by atoms with van der Waals surface area (Å²) in [5, 5.41) is 12.9. The molecule has 138 valence electrons. The highest BCUT2D eigenvalue weighted by Crippen LogP contribution is 2.39. The number of thiophene rings is 1. The quantitative estimate of drug-likeness (QED) is 0.858. The maximum Gasteiger partial charge on any atom is 0.241 e. The predicted molar refractivity (Wildman–Crippen MR) is 98.6 cm³/mol. The molecule has 1 amide bonds. The van der Waals surface area contributed by atoms with E-state index in [0.717, 1.165) is 38.0 Å². The van der Waals surface area contributed by atoms with Crippen molar-refractivity contribution in [1.29, 1.82) is 0 Å². The van der Waals surface area contributed by atoms with Crippen molar-refractivity contribution >= 4 is 17.2 Å². The Morgan fingerprint density at radius 2 is 2.04 bits per heavy atom. The lowest BCUT2D eigenvalue weighted by molar-refractivity contribution is -0.134. The summed E-state index contributed by atoms with van der Waals surface area (Å²) in [5.41, 5.74) is 8.86. The summed E-state index contributed by atoms with van der Waals surface area (Å²) in [6.45, 7) is 1.59. The summed E-state index contributed by atoms with van der Waals surface area (Å²) >= 11 is 1.69. The lowest BCUT2D eigenvalue weighted by Crippen LogP contribution is -2.48. The number of amides is 1. The second-order valence-corrected chi connectivity index (χ2v) is 8.42. The Morgan fingerprint density at radius 3 is 2.77 bits per heavy atom. The van der Waals surface area contributed by atoms with Crippen molar-refractivity contribution in [3.8, 4) is 0 Å². The van der Waals surface area contributed by atoms with Crippen LogP contribution in [0, 0.1) is 0 Å². The molecular weight excluding hydrogens is 348 g/mol. The van der Waals surface area contributed by atoms with Gasteiger partial charge in [0.1, 0.15) is 6.04 Å². The molecule has 3 fully saturated rings. The fourth-order valence-electron chi connectivity index (χ4n) is 4.02. The van der Waals surface area contributed by atoms with Crippen molar-refractivity contribution < 1.29 is 4.79 Å². The number of hydrogen-bond acceptors (Lipinski definition) is 6. The summed E-state index contributed by atoms with van der Waals surface area (Å²) in [6.07, 6.45) is 7.33. The summed E-state index contributed by atoms with van der Waals surface area (Å²) in [6, 6.07) is 2.58. The summed E-state index contributed by atoms with van der Waals surface area (Å²) in [4.78, 5) is 14.9. The van der Waals surface area contributed by atoms with E-state index in [2.05, 4.69) is 44.2 Å². The molecule has 2 N–H and O–H groups in total. The van der Waals surface area contributed by atoms with E-state index in [1.54, 1.807) is 11.3 Å². The first-order valence-electron chi connectivity index (χ1n) is 9.51. The van der Waals surface area contributed by atoms with Gasteiger partial charge in [-0.3, -0.25) is 4.79 Å². The van der Waals surface area contributed by atoms with Crippen molar-refractivity contribution in [2.75, 3.05) is 13.1 Å². The van der Waals surface area contributed by atoms with Crippen LogP contribution in [0.1, 0.15) is 61.4 Å². The summed E-state index contributed by atoms with van der Waals surface area (Å²) < 4.78 is 2.03. The van der Waals surface area contributed by atoms with Gasteiger partial charge in [-0.2, -0.15) is 11.3 Å². The van der Waals surface area contributed by atoms with E-state index in [1.165, 1.54) is 18.4 Å². The molecule has 0 radical (unpaired) electrons. The average Bonchev–Trinajstić information content (AvgIpc) is 3.14. The van der Waals surface area contributed by atoms with Crippen LogP contribution in [0.15, 0.2) is 23.0 Å². The molecule has 0 bridgehead atoms. The van der Waals surface area contributed by atoms with Gasteiger partial charge in [0, 0.05) is 31.2 Å². The van der Waals surface area contributed by atoms with E-state index in [4.69, 9.17) is 0 Å². The van der Waals surface area contributed by atoms with E-state index in [1.807, 2.05) is 9.58 Å². The molecule has 0 spiro atoms. The number of carbonyl (C=O) groups excluding carboxylic acids is 1. The normalized spacial score (nSPS) is 27.2. The van der Waals surface area contributed by atoms with Gasteiger partial charge in [-0.1, -0.05) is 5.21 Å². The van der Waals surface area contributed by atoms with Crippen LogP contribution in [0.4, 0.5) is 0 Å². The molecule has 0 aromatic carbocycles. The van der Waals surface area contributed by atoms with Gasteiger partial charge >= 0.3 is 0 Å². The fraction of sp³-hybridized carbons (Fsp3) is 0.611. The van der Waals surface area contributed by atoms with Crippen LogP contribution in [-0.4, -0.2) is 44.9 Å². The Labute approximate surface area is 156 Å². The van der Waals surface area contributed by atoms with Crippen molar-refractivity contribution in [3.05, 3.63) is 34.3 Å². The number of hydrogen-bond donors (Lipinski definition) is 2. The lowest BCUT2D eigenvalue weighted by Gasteiger charge is -2.33. The molecule has 3 aliphatic rings. The second-order valence-electron chi connectivity index (χ2n) is 7.64. The number of rotatable bonds is 4. The van der Waals surface area contributed by atoms with Gasteiger partial charge in [-0.15, -0.1) is 5.10 Å². The van der Waals surface area contributed by atoms with Crippen LogP contribution in [0.3, 0.4) is 0 Å². The Kier molecular flexibility index (Phi) is 4.26. The van der Waals surface area contributed by atoms with E-state index in [-0.39, 0.29) is 18.0 Å². The third-order valence-corrected chi connectivity index (χ3v) is 6.52. The van der Waals surface area contributed by atoms with Crippen LogP contribution in [-0.2, 0) is 4.79 Å². The minimum atomic E-state index is -0.135. The number of hydrazine groups is 1. The fourth-order valence-corrected chi connectivity index (χ4v) is 4.73. The van der Waals surface area contributed by atoms with Crippen LogP contribution in [0.25, 0.3) is 0 Å². The SMILES string of the molecule is O=C(C1CC(c2ccsc2)NN1)N1CCC(n2cc(C3CC3)nn2)CC1. The molecule has 26 heavy (non-hydrogen) atoms. The molecule has 5 rings (SSSR count). The summed E-state index contributed by atoms with van der Waals surface area (Å²) in [7, 11) is 0. The molecule has 2 aliphatic heterocycles. The Balaban J connectivity index is 1.15. The van der Waals surface area contributed by atoms with Gasteiger partial charge in [0.15, 0.2) is 0 Å². The Bertz CT molecular complexity index is 763. The van der Waals surface area contributed by atoms with Crippen molar-refractivity contribution in [2.24, 2.45) is 0 Å². The molecule has 2 saturated heterocycles. The molecule has 2 unspecified atom stereocenters. The first-order chi connectivity index (χ1) is 12.8. The molecule has 1 saturated carbocycles. The highest BCUT2D eigenvalue weighted by molar-refractivity contribution is 7.07. The zero-order valence-electron chi connectivity index (χ0n) is 14.7. The minimum Gasteiger partial charge on any atom is -0.341 e. The van der Waals surface area contributed by atoms with Crippen molar-refractivity contribution in [3.63, 3.8) is 0 Å². The molecule has 4 heterocycles. The topological polar surface area (TPSA) is 75.1 Å². The van der Waals surface area contributed by atoms with Crippen molar-refractivity contribution in [2.45, 2.75) is 56.1 Å². The van der Waals surface area contributed by atoms with E-state index < -0.39 is 0 Å². The minimum absolute atomic E-state index is 0.135. The highest BCUT2D eigenvalue weighted by Gasteiger charge is 2.35. The second kappa shape index (κ2) is 6.75. The monoisotopic (exact) mass is 372 g/mol. The van der Waals surface area contributed by atoms with Gasteiger partial charge < -0.3 is 4.90 Å². The maximum absolute atomic E-state index is 12.9. The van der Waals surface area contributed by atoms with Crippen LogP contribution in [0.5, 0.6) is 0 Å². The summed E-state index contributed by atoms with van der Waals surface area (Å²) in [5.74, 6) is 0.855. The van der Waals surface area contributed by atoms with Gasteiger partial charge in [0.2, 0.25) is 5.91 Å². The maximum atomic E-state index is 12.9. The molecule has 2 aromatic heterocycles. The third-order valence-electron chi connectivity index (χ3n) is 5.82. The molecule has 2 aromatic rings. The van der Waals surface area contributed by atoms with Gasteiger partial charge in [0.05, 0.1) is 11.7 Å². The molecule has 7 nitrogen and oxygen atoms in total. The standard InChI is InChI=1S/C18H24N6OS/c25-18(16-9-15(19-20-16)13-5-8-26-11-13)23-6-3-14(4-7-23)24-10-17(21-22-24)12-1-2-12/h5,8,10-12,14-16,19-20H,1-4,6-7,9H2. The van der Waals surface area contributed by atoms with Gasteiger partial charge in [-0.05, 0) is 54.5 Å². The average molecular weight is 372 g/mol. The number of aromatic nitrogens is 3. The predicted octanol–water partition coefficient (Wildman–Crippen LogP) is 1.99. The number of piperidine rings is 1. The molecular formula is C18H24N6OS. The van der Waals surface area contributed by atoms with Crippen LogP contribution in [0.2, 0.25) is 0 Å². The lowest BCUT2D eigenvalue weighted by atomic mass is 10.0. The largest absolute Gasteiger partial charge is 0.341 e. The smallest absolute Gasteiger partial charge is 0.241 e. The van der Waals surface area contributed by atoms with Crippen LogP contribution >= 0.6 is 11.3 Å². The highest BCUT2D eigenvalue weighted by atomic mass is 32.1. The van der Waals surface area contributed by atoms with E-state index >= 15 is 0 Å². The first kappa shape index (κ1) is 16.4. The first-order valence-corrected chi connectivity index (χ1v) is 10.5. The van der Waals surface area contributed by atoms with Crippen molar-refractivity contribution in [1.82, 2.24) is 30.7 Å². The molecule has 8 heteroatoms. The Hall–Kier alpha value is -1.77. The molecule has 2 atom stereocenters. The van der Waals surface area contributed by atoms with Gasteiger partial charge in [0.25, 0.3) is 0 Å². The zero-order valence-corrected chi connectivity index (χ0v) is 15.5. The molecule has 1 aliphatic carbocycles. The number of likely N-dealkylation sites (tertiary alicyclic amines) is 1. The third kappa shape index (κ3) is 3.17. The van der Waals surface area contributed by atoms with E-state index in [9.17, 15) is 4.79 Å². The van der Waals surface area contributed by atoms with E-state index in [0.29, 0.717) is 12.0 Å². The van der Waals surface area contributed by atoms with Crippen LogP contribution < -0.4 is 10.9 Å². The number of nitrogens with one attached hydrogen (secondary N) is 2. The Morgan fingerprint density at radius 1 is 1.19 bits per heavy atom.